The summed E-state index contributed by atoms with van der Waals surface area (Å²) in [6.45, 7) is 11.3. The fourth-order valence-corrected chi connectivity index (χ4v) is 7.63. The molecule has 0 heterocycles. The normalized spacial score (nSPS) is 37.7. The van der Waals surface area contributed by atoms with Crippen molar-refractivity contribution < 1.29 is 5.11 Å². The van der Waals surface area contributed by atoms with Crippen molar-refractivity contribution in [2.75, 3.05) is 0 Å². The lowest BCUT2D eigenvalue weighted by Crippen LogP contribution is -2.48. The summed E-state index contributed by atoms with van der Waals surface area (Å²) in [5.74, 6) is 3.71. The van der Waals surface area contributed by atoms with Gasteiger partial charge in [0.1, 0.15) is 5.75 Å². The Hall–Kier alpha value is -1.50. The van der Waals surface area contributed by atoms with Gasteiger partial charge in [-0.3, -0.25) is 0 Å². The molecule has 5 aliphatic carbocycles. The van der Waals surface area contributed by atoms with Crippen molar-refractivity contribution in [2.45, 2.75) is 78.6 Å². The zero-order chi connectivity index (χ0) is 19.1. The highest BCUT2D eigenvalue weighted by Crippen LogP contribution is 2.62. The van der Waals surface area contributed by atoms with Crippen LogP contribution in [0.3, 0.4) is 0 Å². The largest absolute Gasteiger partial charge is 0.507 e. The van der Waals surface area contributed by atoms with Crippen LogP contribution in [0.4, 0.5) is 0 Å². The predicted octanol–water partition coefficient (Wildman–Crippen LogP) is 6.93. The Morgan fingerprint density at radius 2 is 1.41 bits per heavy atom. The molecule has 1 atom stereocenters. The van der Waals surface area contributed by atoms with Crippen molar-refractivity contribution in [1.82, 2.24) is 0 Å². The average Bonchev–Trinajstić information content (AvgIpc) is 2.79. The minimum absolute atomic E-state index is 0.243. The number of phenols is 1. The Morgan fingerprint density at radius 3 is 1.89 bits per heavy atom. The molecule has 1 nitrogen and oxygen atoms in total. The minimum atomic E-state index is 0.243. The zero-order valence-corrected chi connectivity index (χ0v) is 17.7. The highest BCUT2D eigenvalue weighted by Gasteiger charge is 2.52. The van der Waals surface area contributed by atoms with E-state index in [-0.39, 0.29) is 5.41 Å². The van der Waals surface area contributed by atoms with Gasteiger partial charge in [0.2, 0.25) is 0 Å². The van der Waals surface area contributed by atoms with Gasteiger partial charge in [-0.1, -0.05) is 18.6 Å². The van der Waals surface area contributed by atoms with Gasteiger partial charge in [-0.25, -0.2) is 0 Å². The molecular formula is C26H34O. The molecule has 27 heavy (non-hydrogen) atoms. The maximum atomic E-state index is 11.6. The molecule has 1 heteroatoms. The van der Waals surface area contributed by atoms with Crippen LogP contribution in [-0.2, 0) is 5.41 Å². The summed E-state index contributed by atoms with van der Waals surface area (Å²) in [7, 11) is 0. The van der Waals surface area contributed by atoms with Gasteiger partial charge in [-0.15, -0.1) is 0 Å². The van der Waals surface area contributed by atoms with E-state index in [1.807, 2.05) is 0 Å². The van der Waals surface area contributed by atoms with Crippen LogP contribution in [-0.4, -0.2) is 5.11 Å². The second kappa shape index (κ2) is 5.75. The summed E-state index contributed by atoms with van der Waals surface area (Å²) in [6.07, 6.45) is 8.25. The maximum absolute atomic E-state index is 11.6. The molecule has 4 fully saturated rings. The molecule has 0 saturated heterocycles. The van der Waals surface area contributed by atoms with Crippen molar-refractivity contribution in [3.05, 3.63) is 45.5 Å². The lowest BCUT2D eigenvalue weighted by atomic mass is 9.48. The highest BCUT2D eigenvalue weighted by molar-refractivity contribution is 5.83. The Morgan fingerprint density at radius 1 is 0.852 bits per heavy atom. The third-order valence-electron chi connectivity index (χ3n) is 8.79. The van der Waals surface area contributed by atoms with Crippen LogP contribution in [0.5, 0.6) is 5.75 Å². The van der Waals surface area contributed by atoms with Gasteiger partial charge in [0.25, 0.3) is 0 Å². The molecular weight excluding hydrogens is 328 g/mol. The number of allylic oxidation sites excluding steroid dienone is 4. The standard InChI is InChI=1S/C26H34O/c1-14-6-22(24-17(4)15(2)16(3)18(24)5)25(27)23(7-14)26-11-19-8-20(12-26)10-21(9-19)13-26/h6-7,17,19-21,27H,8-13H2,1-5H3. The van der Waals surface area contributed by atoms with Gasteiger partial charge in [0.05, 0.1) is 0 Å². The molecule has 0 aliphatic heterocycles. The predicted molar refractivity (Wildman–Crippen MR) is 113 cm³/mol. The second-order valence-electron chi connectivity index (χ2n) is 10.5. The van der Waals surface area contributed by atoms with Gasteiger partial charge >= 0.3 is 0 Å². The molecule has 0 radical (unpaired) electrons. The smallest absolute Gasteiger partial charge is 0.126 e. The van der Waals surface area contributed by atoms with E-state index in [9.17, 15) is 5.11 Å². The van der Waals surface area contributed by atoms with Crippen molar-refractivity contribution >= 4 is 5.57 Å². The molecule has 1 N–H and O–H groups in total. The van der Waals surface area contributed by atoms with Crippen molar-refractivity contribution in [1.29, 1.82) is 0 Å². The van der Waals surface area contributed by atoms with E-state index >= 15 is 0 Å². The summed E-state index contributed by atoms with van der Waals surface area (Å²) in [5, 5.41) is 11.6. The Kier molecular flexibility index (Phi) is 3.75. The molecule has 1 aromatic rings. The summed E-state index contributed by atoms with van der Waals surface area (Å²) < 4.78 is 0. The molecule has 5 aliphatic rings. The number of hydrogen-bond acceptors (Lipinski definition) is 1. The lowest BCUT2D eigenvalue weighted by molar-refractivity contribution is -0.00617. The number of benzene rings is 1. The molecule has 1 unspecified atom stereocenters. The van der Waals surface area contributed by atoms with Gasteiger partial charge in [-0.05, 0) is 118 Å². The first-order valence-corrected chi connectivity index (χ1v) is 11.0. The monoisotopic (exact) mass is 362 g/mol. The van der Waals surface area contributed by atoms with E-state index in [1.165, 1.54) is 71.9 Å². The Labute approximate surface area is 164 Å². The van der Waals surface area contributed by atoms with Crippen LogP contribution in [0.25, 0.3) is 5.57 Å². The SMILES string of the molecule is CC1=C(C)C(C)C(c2cc(C)cc(C34CC5CC(CC(C5)C3)C4)c2O)=C1C. The fraction of sp³-hybridized carbons (Fsp3) is 0.615. The summed E-state index contributed by atoms with van der Waals surface area (Å²) in [6, 6.07) is 4.56. The van der Waals surface area contributed by atoms with E-state index < -0.39 is 0 Å². The summed E-state index contributed by atoms with van der Waals surface area (Å²) in [4.78, 5) is 0. The molecule has 1 aromatic carbocycles. The van der Waals surface area contributed by atoms with E-state index in [2.05, 4.69) is 46.8 Å². The first-order valence-electron chi connectivity index (χ1n) is 11.0. The van der Waals surface area contributed by atoms with Gasteiger partial charge in [0, 0.05) is 17.0 Å². The minimum Gasteiger partial charge on any atom is -0.507 e. The molecule has 0 spiro atoms. The molecule has 6 rings (SSSR count). The molecule has 0 aromatic heterocycles. The van der Waals surface area contributed by atoms with Crippen molar-refractivity contribution in [3.63, 3.8) is 0 Å². The fourth-order valence-electron chi connectivity index (χ4n) is 7.63. The number of phenolic OH excluding ortho intramolecular Hbond substituents is 1. The van der Waals surface area contributed by atoms with Crippen molar-refractivity contribution in [2.24, 2.45) is 23.7 Å². The number of aromatic hydroxyl groups is 1. The van der Waals surface area contributed by atoms with E-state index in [0.29, 0.717) is 11.7 Å². The van der Waals surface area contributed by atoms with Crippen molar-refractivity contribution in [3.8, 4) is 5.75 Å². The molecule has 0 amide bonds. The first-order chi connectivity index (χ1) is 12.8. The van der Waals surface area contributed by atoms with Crippen LogP contribution in [0, 0.1) is 30.6 Å². The highest BCUT2D eigenvalue weighted by atomic mass is 16.3. The Bertz CT molecular complexity index is 846. The third-order valence-corrected chi connectivity index (χ3v) is 8.79. The first kappa shape index (κ1) is 17.6. The van der Waals surface area contributed by atoms with Gasteiger partial charge in [-0.2, -0.15) is 0 Å². The molecule has 4 saturated carbocycles. The summed E-state index contributed by atoms with van der Waals surface area (Å²) >= 11 is 0. The van der Waals surface area contributed by atoms with Gasteiger partial charge in [0.15, 0.2) is 0 Å². The molecule has 4 bridgehead atoms. The van der Waals surface area contributed by atoms with Crippen LogP contribution in [0.1, 0.15) is 82.9 Å². The van der Waals surface area contributed by atoms with E-state index in [1.54, 1.807) is 0 Å². The van der Waals surface area contributed by atoms with Crippen LogP contribution < -0.4 is 0 Å². The quantitative estimate of drug-likeness (QED) is 0.605. The van der Waals surface area contributed by atoms with Crippen LogP contribution in [0.2, 0.25) is 0 Å². The Balaban J connectivity index is 1.65. The topological polar surface area (TPSA) is 20.2 Å². The maximum Gasteiger partial charge on any atom is 0.126 e. The lowest BCUT2D eigenvalue weighted by Gasteiger charge is -2.57. The average molecular weight is 363 g/mol. The van der Waals surface area contributed by atoms with Crippen LogP contribution >= 0.6 is 0 Å². The number of rotatable bonds is 2. The van der Waals surface area contributed by atoms with Crippen LogP contribution in [0.15, 0.2) is 28.9 Å². The molecule has 144 valence electrons. The zero-order valence-electron chi connectivity index (χ0n) is 17.7. The number of aryl methyl sites for hydroxylation is 1. The second-order valence-corrected chi connectivity index (χ2v) is 10.5. The number of hydrogen-bond donors (Lipinski definition) is 1. The van der Waals surface area contributed by atoms with E-state index in [0.717, 1.165) is 23.3 Å². The summed E-state index contributed by atoms with van der Waals surface area (Å²) in [5.41, 5.74) is 9.55. The van der Waals surface area contributed by atoms with Gasteiger partial charge < -0.3 is 5.11 Å². The third kappa shape index (κ3) is 2.43. The van der Waals surface area contributed by atoms with E-state index in [4.69, 9.17) is 0 Å².